The second-order valence-corrected chi connectivity index (χ2v) is 6.37. The first-order valence-corrected chi connectivity index (χ1v) is 8.13. The fourth-order valence-corrected chi connectivity index (χ4v) is 2.88. The van der Waals surface area contributed by atoms with Gasteiger partial charge in [0, 0.05) is 16.1 Å². The van der Waals surface area contributed by atoms with Gasteiger partial charge in [-0.3, -0.25) is 0 Å². The molecule has 0 bridgehead atoms. The number of aryl methyl sites for hydroxylation is 1. The van der Waals surface area contributed by atoms with Crippen molar-refractivity contribution >= 4 is 23.6 Å². The number of alkyl halides is 3. The highest BCUT2D eigenvalue weighted by Crippen LogP contribution is 2.40. The molecule has 0 fully saturated rings. The molecule has 0 spiro atoms. The summed E-state index contributed by atoms with van der Waals surface area (Å²) in [5.41, 5.74) is 1.03. The second kappa shape index (κ2) is 7.01. The van der Waals surface area contributed by atoms with Crippen molar-refractivity contribution in [3.63, 3.8) is 0 Å². The summed E-state index contributed by atoms with van der Waals surface area (Å²) in [5, 5.41) is 9.31. The third kappa shape index (κ3) is 4.09. The number of carbonyl (C=O) groups is 1. The zero-order valence-corrected chi connectivity index (χ0v) is 14.7. The van der Waals surface area contributed by atoms with E-state index in [0.29, 0.717) is 5.56 Å². The molecule has 27 heavy (non-hydrogen) atoms. The van der Waals surface area contributed by atoms with E-state index >= 15 is 0 Å². The van der Waals surface area contributed by atoms with Crippen LogP contribution in [0.25, 0.3) is 6.08 Å². The van der Waals surface area contributed by atoms with Crippen LogP contribution in [0.2, 0.25) is 5.02 Å². The minimum absolute atomic E-state index is 0.133. The summed E-state index contributed by atoms with van der Waals surface area (Å²) >= 11 is 6.02. The summed E-state index contributed by atoms with van der Waals surface area (Å²) in [6, 6.07) is 10.0. The maximum atomic E-state index is 13.3. The SMILES string of the molecule is Cc1cccc(C#Cc2cc(Cl)cc3c2OC(C(F)(F)F)C(C(=O)O)=C3)c1. The average Bonchev–Trinajstić information content (AvgIpc) is 2.57. The lowest BCUT2D eigenvalue weighted by atomic mass is 9.98. The molecule has 0 amide bonds. The fraction of sp³-hybridized carbons (Fsp3) is 0.150. The molecular weight excluding hydrogens is 381 g/mol. The van der Waals surface area contributed by atoms with Crippen LogP contribution in [0.5, 0.6) is 5.75 Å². The number of carboxylic acids is 1. The quantitative estimate of drug-likeness (QED) is 0.706. The molecule has 1 unspecified atom stereocenters. The van der Waals surface area contributed by atoms with Crippen molar-refractivity contribution in [2.75, 3.05) is 0 Å². The van der Waals surface area contributed by atoms with Crippen molar-refractivity contribution in [2.24, 2.45) is 0 Å². The molecule has 0 aliphatic carbocycles. The minimum Gasteiger partial charge on any atom is -0.478 e. The molecule has 3 nitrogen and oxygen atoms in total. The molecule has 0 saturated carbocycles. The first-order valence-electron chi connectivity index (χ1n) is 7.75. The molecule has 1 aliphatic rings. The highest BCUT2D eigenvalue weighted by Gasteiger charge is 2.48. The van der Waals surface area contributed by atoms with Gasteiger partial charge in [0.15, 0.2) is 0 Å². The van der Waals surface area contributed by atoms with Gasteiger partial charge in [0.25, 0.3) is 0 Å². The van der Waals surface area contributed by atoms with Gasteiger partial charge < -0.3 is 9.84 Å². The Morgan fingerprint density at radius 3 is 2.59 bits per heavy atom. The van der Waals surface area contributed by atoms with Crippen LogP contribution in [0.1, 0.15) is 22.3 Å². The van der Waals surface area contributed by atoms with E-state index in [1.54, 1.807) is 6.07 Å². The molecule has 2 aromatic carbocycles. The largest absolute Gasteiger partial charge is 0.478 e. The van der Waals surface area contributed by atoms with Gasteiger partial charge in [-0.2, -0.15) is 13.2 Å². The lowest BCUT2D eigenvalue weighted by Gasteiger charge is -2.27. The van der Waals surface area contributed by atoms with Crippen LogP contribution in [-0.2, 0) is 4.79 Å². The normalized spacial score (nSPS) is 15.7. The van der Waals surface area contributed by atoms with Gasteiger partial charge in [0.05, 0.1) is 11.1 Å². The number of halogens is 4. The molecule has 0 radical (unpaired) electrons. The highest BCUT2D eigenvalue weighted by atomic mass is 35.5. The lowest BCUT2D eigenvalue weighted by Crippen LogP contribution is -2.40. The van der Waals surface area contributed by atoms with E-state index in [1.165, 1.54) is 12.1 Å². The van der Waals surface area contributed by atoms with Crippen LogP contribution in [0.4, 0.5) is 13.2 Å². The van der Waals surface area contributed by atoms with E-state index < -0.39 is 23.8 Å². The van der Waals surface area contributed by atoms with Crippen LogP contribution in [0.3, 0.4) is 0 Å². The van der Waals surface area contributed by atoms with E-state index in [-0.39, 0.29) is 21.9 Å². The number of rotatable bonds is 1. The smallest absolute Gasteiger partial charge is 0.430 e. The predicted octanol–water partition coefficient (Wildman–Crippen LogP) is 4.84. The Kier molecular flexibility index (Phi) is 4.90. The summed E-state index contributed by atoms with van der Waals surface area (Å²) < 4.78 is 44.8. The van der Waals surface area contributed by atoms with Crippen LogP contribution < -0.4 is 4.74 Å². The maximum absolute atomic E-state index is 13.3. The van der Waals surface area contributed by atoms with Gasteiger partial charge >= 0.3 is 12.1 Å². The molecule has 0 saturated heterocycles. The maximum Gasteiger partial charge on any atom is 0.430 e. The van der Waals surface area contributed by atoms with Gasteiger partial charge in [-0.25, -0.2) is 4.79 Å². The highest BCUT2D eigenvalue weighted by molar-refractivity contribution is 6.31. The third-order valence-electron chi connectivity index (χ3n) is 3.82. The molecule has 1 atom stereocenters. The van der Waals surface area contributed by atoms with Crippen LogP contribution in [0.15, 0.2) is 42.0 Å². The Morgan fingerprint density at radius 1 is 1.22 bits per heavy atom. The van der Waals surface area contributed by atoms with Crippen molar-refractivity contribution < 1.29 is 27.8 Å². The fourth-order valence-electron chi connectivity index (χ4n) is 2.65. The summed E-state index contributed by atoms with van der Waals surface area (Å²) in [5.74, 6) is 3.77. The third-order valence-corrected chi connectivity index (χ3v) is 4.03. The van der Waals surface area contributed by atoms with Gasteiger partial charge in [-0.05, 0) is 42.8 Å². The zero-order valence-electron chi connectivity index (χ0n) is 13.9. The van der Waals surface area contributed by atoms with Crippen molar-refractivity contribution in [2.45, 2.75) is 19.2 Å². The van der Waals surface area contributed by atoms with Crippen molar-refractivity contribution in [1.29, 1.82) is 0 Å². The van der Waals surface area contributed by atoms with E-state index in [9.17, 15) is 18.0 Å². The molecule has 1 heterocycles. The molecule has 138 valence electrons. The van der Waals surface area contributed by atoms with Crippen LogP contribution >= 0.6 is 11.6 Å². The molecule has 3 rings (SSSR count). The molecule has 1 aliphatic heterocycles. The standard InChI is InChI=1S/C20H12ClF3O3/c1-11-3-2-4-12(7-11)5-6-13-8-15(21)9-14-10-16(19(25)26)18(20(22,23)24)27-17(13)14/h2-4,7-10,18H,1H3,(H,25,26). The van der Waals surface area contributed by atoms with E-state index in [0.717, 1.165) is 11.6 Å². The Balaban J connectivity index is 2.12. The van der Waals surface area contributed by atoms with E-state index in [1.807, 2.05) is 25.1 Å². The number of benzene rings is 2. The van der Waals surface area contributed by atoms with Gasteiger partial charge in [-0.1, -0.05) is 35.6 Å². The second-order valence-electron chi connectivity index (χ2n) is 5.94. The molecular formula is C20H12ClF3O3. The Morgan fingerprint density at radius 2 is 1.96 bits per heavy atom. The topological polar surface area (TPSA) is 46.5 Å². The molecule has 7 heteroatoms. The predicted molar refractivity (Wildman–Crippen MR) is 94.7 cm³/mol. The number of carboxylic acid groups (broad SMARTS) is 1. The van der Waals surface area contributed by atoms with Crippen LogP contribution in [0, 0.1) is 18.8 Å². The number of fused-ring (bicyclic) bond motifs is 1. The zero-order chi connectivity index (χ0) is 19.8. The first kappa shape index (κ1) is 18.9. The van der Waals surface area contributed by atoms with Crippen molar-refractivity contribution in [3.8, 4) is 17.6 Å². The number of aliphatic carboxylic acids is 1. The van der Waals surface area contributed by atoms with Gasteiger partial charge in [-0.15, -0.1) is 0 Å². The minimum atomic E-state index is -4.89. The van der Waals surface area contributed by atoms with Crippen LogP contribution in [-0.4, -0.2) is 23.4 Å². The van der Waals surface area contributed by atoms with Crippen molar-refractivity contribution in [3.05, 3.63) is 69.2 Å². The van der Waals surface area contributed by atoms with E-state index in [4.69, 9.17) is 21.4 Å². The van der Waals surface area contributed by atoms with E-state index in [2.05, 4.69) is 11.8 Å². The number of ether oxygens (including phenoxy) is 1. The van der Waals surface area contributed by atoms with Gasteiger partial charge in [0.2, 0.25) is 6.10 Å². The summed E-state index contributed by atoms with van der Waals surface area (Å²) in [6.45, 7) is 1.89. The Hall–Kier alpha value is -2.91. The number of hydrogen-bond acceptors (Lipinski definition) is 2. The lowest BCUT2D eigenvalue weighted by molar-refractivity contribution is -0.187. The molecule has 0 aromatic heterocycles. The molecule has 2 aromatic rings. The summed E-state index contributed by atoms with van der Waals surface area (Å²) in [7, 11) is 0. The monoisotopic (exact) mass is 392 g/mol. The Bertz CT molecular complexity index is 1010. The Labute approximate surface area is 158 Å². The van der Waals surface area contributed by atoms with Gasteiger partial charge in [0.1, 0.15) is 5.75 Å². The number of hydrogen-bond donors (Lipinski definition) is 1. The first-order chi connectivity index (χ1) is 12.6. The summed E-state index contributed by atoms with van der Waals surface area (Å²) in [6.07, 6.45) is -6.55. The average molecular weight is 393 g/mol. The molecule has 1 N–H and O–H groups in total. The summed E-state index contributed by atoms with van der Waals surface area (Å²) in [4.78, 5) is 11.2. The van der Waals surface area contributed by atoms with Crippen molar-refractivity contribution in [1.82, 2.24) is 0 Å².